The first-order valence-electron chi connectivity index (χ1n) is 7.20. The van der Waals surface area contributed by atoms with Gasteiger partial charge in [-0.1, -0.05) is 33.6 Å². The number of nitrogens with one attached hydrogen (secondary N) is 1. The van der Waals surface area contributed by atoms with Crippen LogP contribution in [0.4, 0.5) is 20.2 Å². The first-order chi connectivity index (χ1) is 12.3. The highest BCUT2D eigenvalue weighted by Gasteiger charge is 2.24. The zero-order chi connectivity index (χ0) is 19.3. The summed E-state index contributed by atoms with van der Waals surface area (Å²) in [4.78, 5) is 21.7. The zero-order valence-corrected chi connectivity index (χ0v) is 15.3. The molecule has 0 bridgehead atoms. The van der Waals surface area contributed by atoms with Gasteiger partial charge in [-0.3, -0.25) is 10.1 Å². The number of halogens is 4. The van der Waals surface area contributed by atoms with Crippen LogP contribution >= 0.6 is 27.5 Å². The second-order valence-corrected chi connectivity index (χ2v) is 6.37. The van der Waals surface area contributed by atoms with Gasteiger partial charge in [0.25, 0.3) is 5.69 Å². The molecule has 26 heavy (non-hydrogen) atoms. The standard InChI is InChI=1S/C16H12BrClF2N2O4/c17-9-4-5-13(22(24)25)12(8-9)21-11(6-7-23)15-10(18)2-1-3-14(15)26-16(19)20/h1-5,7-8,11,16,21H,6H2/t11-/m1/s1. The number of benzene rings is 2. The van der Waals surface area contributed by atoms with Gasteiger partial charge in [0.05, 0.1) is 11.0 Å². The van der Waals surface area contributed by atoms with Crippen LogP contribution in [0.2, 0.25) is 5.02 Å². The normalized spacial score (nSPS) is 11.9. The number of nitrogens with zero attached hydrogens (tertiary/aromatic N) is 1. The predicted molar refractivity (Wildman–Crippen MR) is 95.9 cm³/mol. The van der Waals surface area contributed by atoms with Gasteiger partial charge in [0, 0.05) is 27.5 Å². The van der Waals surface area contributed by atoms with E-state index in [1.807, 2.05) is 0 Å². The molecule has 0 fully saturated rings. The number of carbonyl (C=O) groups is 1. The Bertz CT molecular complexity index is 823. The molecule has 0 saturated carbocycles. The molecule has 0 amide bonds. The van der Waals surface area contributed by atoms with Crippen LogP contribution in [0.5, 0.6) is 5.75 Å². The van der Waals surface area contributed by atoms with Crippen molar-refractivity contribution in [3.05, 3.63) is 61.6 Å². The fourth-order valence-electron chi connectivity index (χ4n) is 2.37. The molecule has 138 valence electrons. The number of carbonyl (C=O) groups excluding carboxylic acids is 1. The van der Waals surface area contributed by atoms with Gasteiger partial charge in [-0.2, -0.15) is 8.78 Å². The molecule has 6 nitrogen and oxygen atoms in total. The second-order valence-electron chi connectivity index (χ2n) is 5.05. The molecule has 2 aromatic rings. The SMILES string of the molecule is O=CC[C@@H](Nc1cc(Br)ccc1[N+](=O)[O-])c1c(Cl)cccc1OC(F)F. The Morgan fingerprint density at radius 1 is 1.35 bits per heavy atom. The first-order valence-corrected chi connectivity index (χ1v) is 8.38. The van der Waals surface area contributed by atoms with Crippen LogP contribution in [0.15, 0.2) is 40.9 Å². The maximum Gasteiger partial charge on any atom is 0.387 e. The van der Waals surface area contributed by atoms with Crippen molar-refractivity contribution in [2.24, 2.45) is 0 Å². The Labute approximate surface area is 160 Å². The lowest BCUT2D eigenvalue weighted by Crippen LogP contribution is -2.16. The van der Waals surface area contributed by atoms with Crippen molar-refractivity contribution in [2.75, 3.05) is 5.32 Å². The van der Waals surface area contributed by atoms with E-state index >= 15 is 0 Å². The molecule has 0 aliphatic heterocycles. The molecular formula is C16H12BrClF2N2O4. The molecule has 2 aromatic carbocycles. The third-order valence-electron chi connectivity index (χ3n) is 3.39. The van der Waals surface area contributed by atoms with Gasteiger partial charge in [0.1, 0.15) is 17.7 Å². The van der Waals surface area contributed by atoms with Gasteiger partial charge < -0.3 is 14.8 Å². The molecule has 0 spiro atoms. The molecule has 0 unspecified atom stereocenters. The van der Waals surface area contributed by atoms with Gasteiger partial charge in [-0.05, 0) is 24.3 Å². The van der Waals surface area contributed by atoms with Crippen molar-refractivity contribution in [3.8, 4) is 5.75 Å². The molecular weight excluding hydrogens is 438 g/mol. The van der Waals surface area contributed by atoms with E-state index in [0.29, 0.717) is 10.8 Å². The molecule has 0 aliphatic rings. The van der Waals surface area contributed by atoms with Crippen molar-refractivity contribution >= 4 is 45.2 Å². The lowest BCUT2D eigenvalue weighted by atomic mass is 10.0. The Kier molecular flexibility index (Phi) is 6.87. The van der Waals surface area contributed by atoms with Gasteiger partial charge in [-0.15, -0.1) is 0 Å². The number of hydrogen-bond acceptors (Lipinski definition) is 5. The number of rotatable bonds is 8. The predicted octanol–water partition coefficient (Wildman–Crippen LogP) is 5.35. The Morgan fingerprint density at radius 3 is 2.69 bits per heavy atom. The molecule has 0 saturated heterocycles. The van der Waals surface area contributed by atoms with Gasteiger partial charge in [0.2, 0.25) is 0 Å². The molecule has 1 N–H and O–H groups in total. The number of nitro groups is 1. The highest BCUT2D eigenvalue weighted by molar-refractivity contribution is 9.10. The maximum atomic E-state index is 12.7. The third-order valence-corrected chi connectivity index (χ3v) is 4.22. The van der Waals surface area contributed by atoms with E-state index in [2.05, 4.69) is 26.0 Å². The van der Waals surface area contributed by atoms with E-state index in [1.165, 1.54) is 36.4 Å². The number of nitro benzene ring substituents is 1. The van der Waals surface area contributed by atoms with E-state index < -0.39 is 17.6 Å². The Hall–Kier alpha value is -2.26. The minimum atomic E-state index is -3.09. The summed E-state index contributed by atoms with van der Waals surface area (Å²) >= 11 is 9.33. The zero-order valence-electron chi connectivity index (χ0n) is 13.0. The molecule has 0 heterocycles. The minimum absolute atomic E-state index is 0.0835. The molecule has 0 aromatic heterocycles. The Morgan fingerprint density at radius 2 is 2.08 bits per heavy atom. The summed E-state index contributed by atoms with van der Waals surface area (Å²) in [5, 5.41) is 14.1. The van der Waals surface area contributed by atoms with Crippen LogP contribution in [0.1, 0.15) is 18.0 Å². The van der Waals surface area contributed by atoms with Crippen molar-refractivity contribution in [3.63, 3.8) is 0 Å². The fourth-order valence-corrected chi connectivity index (χ4v) is 3.03. The number of ether oxygens (including phenoxy) is 1. The largest absolute Gasteiger partial charge is 0.434 e. The summed E-state index contributed by atoms with van der Waals surface area (Å²) in [7, 11) is 0. The molecule has 2 rings (SSSR count). The van der Waals surface area contributed by atoms with E-state index in [-0.39, 0.29) is 34.1 Å². The monoisotopic (exact) mass is 448 g/mol. The fraction of sp³-hybridized carbons (Fsp3) is 0.188. The van der Waals surface area contributed by atoms with Gasteiger partial charge in [0.15, 0.2) is 0 Å². The van der Waals surface area contributed by atoms with Crippen molar-refractivity contribution in [1.82, 2.24) is 0 Å². The van der Waals surface area contributed by atoms with Gasteiger partial charge in [-0.25, -0.2) is 0 Å². The van der Waals surface area contributed by atoms with Crippen molar-refractivity contribution in [2.45, 2.75) is 19.1 Å². The Balaban J connectivity index is 2.50. The summed E-state index contributed by atoms with van der Waals surface area (Å²) in [6, 6.07) is 7.44. The van der Waals surface area contributed by atoms with E-state index in [9.17, 15) is 23.7 Å². The summed E-state index contributed by atoms with van der Waals surface area (Å²) in [5.41, 5.74) is -0.0394. The summed E-state index contributed by atoms with van der Waals surface area (Å²) in [6.45, 7) is -3.09. The second kappa shape index (κ2) is 8.91. The van der Waals surface area contributed by atoms with Crippen molar-refractivity contribution < 1.29 is 23.2 Å². The quantitative estimate of drug-likeness (QED) is 0.333. The molecule has 0 radical (unpaired) electrons. The van der Waals surface area contributed by atoms with Crippen LogP contribution in [0, 0.1) is 10.1 Å². The lowest BCUT2D eigenvalue weighted by molar-refractivity contribution is -0.384. The molecule has 1 atom stereocenters. The van der Waals surface area contributed by atoms with E-state index in [1.54, 1.807) is 0 Å². The third kappa shape index (κ3) is 4.89. The molecule has 0 aliphatic carbocycles. The number of aldehydes is 1. The lowest BCUT2D eigenvalue weighted by Gasteiger charge is -2.22. The number of anilines is 1. The van der Waals surface area contributed by atoms with Crippen LogP contribution in [0.25, 0.3) is 0 Å². The molecule has 10 heteroatoms. The topological polar surface area (TPSA) is 81.5 Å². The number of alkyl halides is 2. The first kappa shape index (κ1) is 20.1. The van der Waals surface area contributed by atoms with E-state index in [4.69, 9.17) is 11.6 Å². The summed E-state index contributed by atoms with van der Waals surface area (Å²) in [6.07, 6.45) is 0.379. The van der Waals surface area contributed by atoms with E-state index in [0.717, 1.165) is 0 Å². The minimum Gasteiger partial charge on any atom is -0.434 e. The summed E-state index contributed by atoms with van der Waals surface area (Å²) < 4.78 is 30.4. The van der Waals surface area contributed by atoms with Crippen LogP contribution in [0.3, 0.4) is 0 Å². The average Bonchev–Trinajstić information content (AvgIpc) is 2.54. The van der Waals surface area contributed by atoms with Crippen LogP contribution in [-0.4, -0.2) is 17.8 Å². The average molecular weight is 450 g/mol. The van der Waals surface area contributed by atoms with Crippen LogP contribution in [-0.2, 0) is 4.79 Å². The van der Waals surface area contributed by atoms with Gasteiger partial charge >= 0.3 is 6.61 Å². The van der Waals surface area contributed by atoms with Crippen LogP contribution < -0.4 is 10.1 Å². The highest BCUT2D eigenvalue weighted by atomic mass is 79.9. The summed E-state index contributed by atoms with van der Waals surface area (Å²) in [5.74, 6) is -0.218. The maximum absolute atomic E-state index is 12.7. The smallest absolute Gasteiger partial charge is 0.387 e. The number of hydrogen-bond donors (Lipinski definition) is 1. The highest BCUT2D eigenvalue weighted by Crippen LogP contribution is 2.38. The van der Waals surface area contributed by atoms with Crippen molar-refractivity contribution in [1.29, 1.82) is 0 Å².